The smallest absolute Gasteiger partial charge is 0.356 e. The molecule has 0 fully saturated rings. The van der Waals surface area contributed by atoms with Crippen molar-refractivity contribution in [3.63, 3.8) is 0 Å². The molecule has 1 aromatic carbocycles. The summed E-state index contributed by atoms with van der Waals surface area (Å²) in [6, 6.07) is 7.96. The number of carboxylic acids is 1. The predicted octanol–water partition coefficient (Wildman–Crippen LogP) is 2.61. The molecular weight excluding hydrogens is 247 g/mol. The predicted molar refractivity (Wildman–Crippen MR) is 68.3 cm³/mol. The first-order valence-corrected chi connectivity index (χ1v) is 5.91. The third-order valence-corrected chi connectivity index (χ3v) is 3.22. The number of rotatable bonds is 2. The molecule has 0 radical (unpaired) electrons. The van der Waals surface area contributed by atoms with Gasteiger partial charge in [-0.05, 0) is 36.2 Å². The van der Waals surface area contributed by atoms with Gasteiger partial charge in [-0.15, -0.1) is 0 Å². The van der Waals surface area contributed by atoms with Crippen LogP contribution in [0.5, 0.6) is 0 Å². The number of benzene rings is 1. The van der Waals surface area contributed by atoms with E-state index in [9.17, 15) is 9.18 Å². The summed E-state index contributed by atoms with van der Waals surface area (Å²) in [6.07, 6.45) is 2.21. The minimum absolute atomic E-state index is 0.0142. The SMILES string of the molecule is O=C(O)c1ncccc1N1CCc2ccc(F)cc21. The van der Waals surface area contributed by atoms with Crippen molar-refractivity contribution in [2.75, 3.05) is 11.4 Å². The van der Waals surface area contributed by atoms with Gasteiger partial charge in [0.25, 0.3) is 0 Å². The molecule has 0 saturated heterocycles. The standard InChI is InChI=1S/C14H11FN2O2/c15-10-4-3-9-5-7-17(12(9)8-10)11-2-1-6-16-13(11)14(18)19/h1-4,6,8H,5,7H2,(H,18,19). The van der Waals surface area contributed by atoms with Crippen molar-refractivity contribution in [2.45, 2.75) is 6.42 Å². The van der Waals surface area contributed by atoms with Crippen LogP contribution in [-0.2, 0) is 6.42 Å². The minimum atomic E-state index is -1.08. The van der Waals surface area contributed by atoms with Crippen LogP contribution in [0.3, 0.4) is 0 Å². The van der Waals surface area contributed by atoms with Gasteiger partial charge < -0.3 is 10.0 Å². The number of hydrogen-bond acceptors (Lipinski definition) is 3. The number of aromatic nitrogens is 1. The van der Waals surface area contributed by atoms with Crippen LogP contribution in [0.25, 0.3) is 0 Å². The minimum Gasteiger partial charge on any atom is -0.476 e. The average Bonchev–Trinajstić information content (AvgIpc) is 2.81. The van der Waals surface area contributed by atoms with E-state index in [-0.39, 0.29) is 11.5 Å². The highest BCUT2D eigenvalue weighted by molar-refractivity contribution is 5.93. The zero-order chi connectivity index (χ0) is 13.4. The van der Waals surface area contributed by atoms with E-state index in [1.807, 2.05) is 0 Å². The highest BCUT2D eigenvalue weighted by Crippen LogP contribution is 2.36. The normalized spacial score (nSPS) is 13.4. The van der Waals surface area contributed by atoms with Gasteiger partial charge in [0.05, 0.1) is 5.69 Å². The van der Waals surface area contributed by atoms with Gasteiger partial charge >= 0.3 is 5.97 Å². The Labute approximate surface area is 109 Å². The van der Waals surface area contributed by atoms with Gasteiger partial charge in [-0.2, -0.15) is 0 Å². The Hall–Kier alpha value is -2.43. The molecule has 2 aromatic rings. The Morgan fingerprint density at radius 2 is 2.16 bits per heavy atom. The van der Waals surface area contributed by atoms with Gasteiger partial charge in [-0.3, -0.25) is 0 Å². The number of halogens is 1. The summed E-state index contributed by atoms with van der Waals surface area (Å²) in [4.78, 5) is 16.9. The second-order valence-electron chi connectivity index (χ2n) is 4.35. The summed E-state index contributed by atoms with van der Waals surface area (Å²) in [5.74, 6) is -1.41. The van der Waals surface area contributed by atoms with Crippen molar-refractivity contribution in [1.82, 2.24) is 4.98 Å². The number of aromatic carboxylic acids is 1. The van der Waals surface area contributed by atoms with E-state index in [0.29, 0.717) is 12.2 Å². The fraction of sp³-hybridized carbons (Fsp3) is 0.143. The maximum absolute atomic E-state index is 13.4. The van der Waals surface area contributed by atoms with Crippen molar-refractivity contribution in [2.24, 2.45) is 0 Å². The van der Waals surface area contributed by atoms with Crippen LogP contribution in [0.2, 0.25) is 0 Å². The van der Waals surface area contributed by atoms with Crippen molar-refractivity contribution >= 4 is 17.3 Å². The number of anilines is 2. The molecule has 0 amide bonds. The molecule has 1 aliphatic rings. The molecule has 0 atom stereocenters. The van der Waals surface area contributed by atoms with Crippen molar-refractivity contribution in [1.29, 1.82) is 0 Å². The number of pyridine rings is 1. The number of fused-ring (bicyclic) bond motifs is 1. The zero-order valence-corrected chi connectivity index (χ0v) is 10.0. The second-order valence-corrected chi connectivity index (χ2v) is 4.35. The Morgan fingerprint density at radius 3 is 2.95 bits per heavy atom. The fourth-order valence-electron chi connectivity index (χ4n) is 2.38. The van der Waals surface area contributed by atoms with Crippen LogP contribution >= 0.6 is 0 Å². The lowest BCUT2D eigenvalue weighted by Gasteiger charge is -2.20. The third kappa shape index (κ3) is 1.93. The topological polar surface area (TPSA) is 53.4 Å². The first-order valence-electron chi connectivity index (χ1n) is 5.91. The lowest BCUT2D eigenvalue weighted by atomic mass is 10.1. The van der Waals surface area contributed by atoms with Crippen LogP contribution in [0.15, 0.2) is 36.5 Å². The molecule has 1 aliphatic heterocycles. The summed E-state index contributed by atoms with van der Waals surface area (Å²) in [7, 11) is 0. The van der Waals surface area contributed by atoms with E-state index in [4.69, 9.17) is 5.11 Å². The van der Waals surface area contributed by atoms with E-state index in [1.165, 1.54) is 18.3 Å². The summed E-state index contributed by atoms with van der Waals surface area (Å²) < 4.78 is 13.4. The molecule has 0 unspecified atom stereocenters. The van der Waals surface area contributed by atoms with Gasteiger partial charge in [-0.25, -0.2) is 14.2 Å². The molecule has 1 N–H and O–H groups in total. The van der Waals surface area contributed by atoms with Crippen LogP contribution in [0.1, 0.15) is 16.1 Å². The highest BCUT2D eigenvalue weighted by atomic mass is 19.1. The van der Waals surface area contributed by atoms with E-state index in [0.717, 1.165) is 17.7 Å². The molecule has 0 aliphatic carbocycles. The molecule has 0 saturated carbocycles. The quantitative estimate of drug-likeness (QED) is 0.899. The summed E-state index contributed by atoms with van der Waals surface area (Å²) in [6.45, 7) is 0.630. The molecular formula is C14H11FN2O2. The Balaban J connectivity index is 2.11. The van der Waals surface area contributed by atoms with Crippen LogP contribution in [0, 0.1) is 5.82 Å². The Bertz CT molecular complexity index is 658. The molecule has 1 aromatic heterocycles. The van der Waals surface area contributed by atoms with Crippen molar-refractivity contribution < 1.29 is 14.3 Å². The number of nitrogens with zero attached hydrogens (tertiary/aromatic N) is 2. The van der Waals surface area contributed by atoms with Gasteiger partial charge in [-0.1, -0.05) is 6.07 Å². The van der Waals surface area contributed by atoms with Crippen molar-refractivity contribution in [3.8, 4) is 0 Å². The highest BCUT2D eigenvalue weighted by Gasteiger charge is 2.25. The van der Waals surface area contributed by atoms with E-state index < -0.39 is 5.97 Å². The lowest BCUT2D eigenvalue weighted by molar-refractivity contribution is 0.0691. The van der Waals surface area contributed by atoms with E-state index in [2.05, 4.69) is 4.98 Å². The third-order valence-electron chi connectivity index (χ3n) is 3.22. The molecule has 5 heteroatoms. The largest absolute Gasteiger partial charge is 0.476 e. The molecule has 3 rings (SSSR count). The maximum atomic E-state index is 13.4. The molecule has 0 spiro atoms. The first kappa shape index (κ1) is 11.6. The first-order chi connectivity index (χ1) is 9.16. The Kier molecular flexibility index (Phi) is 2.67. The average molecular weight is 258 g/mol. The summed E-state index contributed by atoms with van der Waals surface area (Å²) >= 11 is 0. The van der Waals surface area contributed by atoms with E-state index >= 15 is 0 Å². The maximum Gasteiger partial charge on any atom is 0.356 e. The Morgan fingerprint density at radius 1 is 1.32 bits per heavy atom. The van der Waals surface area contributed by atoms with Gasteiger partial charge in [0.2, 0.25) is 0 Å². The van der Waals surface area contributed by atoms with Crippen LogP contribution in [0.4, 0.5) is 15.8 Å². The number of carboxylic acid groups (broad SMARTS) is 1. The van der Waals surface area contributed by atoms with Crippen LogP contribution < -0.4 is 4.90 Å². The van der Waals surface area contributed by atoms with Gasteiger partial charge in [0.15, 0.2) is 5.69 Å². The number of hydrogen-bond donors (Lipinski definition) is 1. The molecule has 19 heavy (non-hydrogen) atoms. The molecule has 0 bridgehead atoms. The molecule has 96 valence electrons. The van der Waals surface area contributed by atoms with Gasteiger partial charge in [0, 0.05) is 18.4 Å². The molecule has 2 heterocycles. The number of carbonyl (C=O) groups is 1. The van der Waals surface area contributed by atoms with Gasteiger partial charge in [0.1, 0.15) is 5.82 Å². The fourth-order valence-corrected chi connectivity index (χ4v) is 2.38. The van der Waals surface area contributed by atoms with E-state index in [1.54, 1.807) is 23.1 Å². The molecule has 4 nitrogen and oxygen atoms in total. The summed E-state index contributed by atoms with van der Waals surface area (Å²) in [5.41, 5.74) is 2.22. The van der Waals surface area contributed by atoms with Crippen LogP contribution in [-0.4, -0.2) is 22.6 Å². The second kappa shape index (κ2) is 4.35. The van der Waals surface area contributed by atoms with Crippen molar-refractivity contribution in [3.05, 3.63) is 53.6 Å². The summed E-state index contributed by atoms with van der Waals surface area (Å²) in [5, 5.41) is 9.17. The lowest BCUT2D eigenvalue weighted by Crippen LogP contribution is -2.18. The zero-order valence-electron chi connectivity index (χ0n) is 10.0. The monoisotopic (exact) mass is 258 g/mol.